The zero-order valence-electron chi connectivity index (χ0n) is 18.1. The standard InChI is InChI=1S/C24H26N2O6/c1-3-13-31-20-12-11-17(22(16(20)2)32-14-7-10-21(27)28)15-19-23(29)25-26(24(19)30)18-8-5-4-6-9-18/h4-6,8-9,11-12,15H,3,7,10,13-14H2,1-2H3,(H,25,29)(H,27,28)/b19-15+. The summed E-state index contributed by atoms with van der Waals surface area (Å²) in [5.74, 6) is -0.797. The predicted molar refractivity (Wildman–Crippen MR) is 119 cm³/mol. The summed E-state index contributed by atoms with van der Waals surface area (Å²) in [5, 5.41) is 10.1. The number of ether oxygens (including phenoxy) is 2. The molecule has 0 bridgehead atoms. The Morgan fingerprint density at radius 3 is 2.53 bits per heavy atom. The number of hydrogen-bond donors (Lipinski definition) is 2. The summed E-state index contributed by atoms with van der Waals surface area (Å²) in [4.78, 5) is 36.2. The third kappa shape index (κ3) is 5.26. The molecule has 2 aromatic carbocycles. The van der Waals surface area contributed by atoms with Crippen LogP contribution in [0.25, 0.3) is 6.08 Å². The summed E-state index contributed by atoms with van der Waals surface area (Å²) >= 11 is 0. The van der Waals surface area contributed by atoms with Crippen LogP contribution < -0.4 is 19.9 Å². The largest absolute Gasteiger partial charge is 0.493 e. The van der Waals surface area contributed by atoms with Crippen LogP contribution in [-0.2, 0) is 14.4 Å². The molecule has 0 unspecified atom stereocenters. The Hall–Kier alpha value is -3.81. The lowest BCUT2D eigenvalue weighted by molar-refractivity contribution is -0.137. The maximum Gasteiger partial charge on any atom is 0.303 e. The van der Waals surface area contributed by atoms with Gasteiger partial charge in [0.25, 0.3) is 11.8 Å². The van der Waals surface area contributed by atoms with Gasteiger partial charge in [0.2, 0.25) is 0 Å². The van der Waals surface area contributed by atoms with Crippen molar-refractivity contribution in [3.8, 4) is 11.5 Å². The first-order chi connectivity index (χ1) is 15.4. The van der Waals surface area contributed by atoms with Crippen LogP contribution >= 0.6 is 0 Å². The number of amides is 2. The number of carbonyl (C=O) groups is 3. The lowest BCUT2D eigenvalue weighted by Gasteiger charge is -2.16. The van der Waals surface area contributed by atoms with E-state index in [1.165, 1.54) is 11.1 Å². The number of hydrogen-bond acceptors (Lipinski definition) is 5. The molecule has 2 amide bonds. The van der Waals surface area contributed by atoms with Crippen molar-refractivity contribution in [3.63, 3.8) is 0 Å². The number of nitrogens with one attached hydrogen (secondary N) is 1. The van der Waals surface area contributed by atoms with Crippen LogP contribution in [0.3, 0.4) is 0 Å². The van der Waals surface area contributed by atoms with Crippen molar-refractivity contribution in [2.45, 2.75) is 33.1 Å². The average molecular weight is 438 g/mol. The lowest BCUT2D eigenvalue weighted by atomic mass is 10.0. The Balaban J connectivity index is 1.92. The van der Waals surface area contributed by atoms with E-state index in [9.17, 15) is 14.4 Å². The molecule has 0 spiro atoms. The van der Waals surface area contributed by atoms with Gasteiger partial charge in [0.15, 0.2) is 0 Å². The van der Waals surface area contributed by atoms with Gasteiger partial charge >= 0.3 is 5.97 Å². The number of carboxylic acid groups (broad SMARTS) is 1. The topological polar surface area (TPSA) is 105 Å². The summed E-state index contributed by atoms with van der Waals surface area (Å²) in [6, 6.07) is 12.3. The number of hydrazine groups is 1. The molecule has 8 nitrogen and oxygen atoms in total. The van der Waals surface area contributed by atoms with Gasteiger partial charge in [-0.15, -0.1) is 0 Å². The quantitative estimate of drug-likeness (QED) is 0.334. The second-order valence-electron chi connectivity index (χ2n) is 7.28. The van der Waals surface area contributed by atoms with E-state index < -0.39 is 17.8 Å². The molecule has 1 saturated heterocycles. The number of carboxylic acids is 1. The van der Waals surface area contributed by atoms with Crippen LogP contribution in [0, 0.1) is 6.92 Å². The second-order valence-corrected chi connectivity index (χ2v) is 7.28. The molecule has 3 rings (SSSR count). The zero-order valence-corrected chi connectivity index (χ0v) is 18.1. The third-order valence-electron chi connectivity index (χ3n) is 4.84. The van der Waals surface area contributed by atoms with Crippen molar-refractivity contribution in [3.05, 3.63) is 59.2 Å². The molecule has 0 saturated carbocycles. The Bertz CT molecular complexity index is 1030. The highest BCUT2D eigenvalue weighted by Crippen LogP contribution is 2.34. The van der Waals surface area contributed by atoms with Crippen LogP contribution in [0.1, 0.15) is 37.3 Å². The van der Waals surface area contributed by atoms with Gasteiger partial charge in [0.1, 0.15) is 17.1 Å². The fraction of sp³-hybridized carbons (Fsp3) is 0.292. The Morgan fingerprint density at radius 1 is 1.09 bits per heavy atom. The molecule has 2 aromatic rings. The van der Waals surface area contributed by atoms with E-state index in [1.54, 1.807) is 36.4 Å². The molecule has 0 atom stereocenters. The first-order valence-corrected chi connectivity index (χ1v) is 10.5. The summed E-state index contributed by atoms with van der Waals surface area (Å²) in [6.45, 7) is 4.54. The monoisotopic (exact) mass is 438 g/mol. The first kappa shape index (κ1) is 22.9. The molecule has 0 aromatic heterocycles. The molecule has 1 aliphatic heterocycles. The second kappa shape index (κ2) is 10.5. The smallest absolute Gasteiger partial charge is 0.303 e. The summed E-state index contributed by atoms with van der Waals surface area (Å²) in [5.41, 5.74) is 4.36. The number of carbonyl (C=O) groups excluding carboxylic acids is 2. The molecule has 0 aliphatic carbocycles. The highest BCUT2D eigenvalue weighted by atomic mass is 16.5. The average Bonchev–Trinajstić information content (AvgIpc) is 3.06. The van der Waals surface area contributed by atoms with Crippen LogP contribution in [0.2, 0.25) is 0 Å². The molecule has 168 valence electrons. The highest BCUT2D eigenvalue weighted by molar-refractivity contribution is 6.31. The minimum atomic E-state index is -0.901. The van der Waals surface area contributed by atoms with Crippen molar-refractivity contribution in [2.75, 3.05) is 18.2 Å². The Labute approximate surface area is 186 Å². The van der Waals surface area contributed by atoms with Crippen molar-refractivity contribution in [1.29, 1.82) is 0 Å². The normalized spacial score (nSPS) is 14.6. The van der Waals surface area contributed by atoms with Crippen LogP contribution in [0.5, 0.6) is 11.5 Å². The number of para-hydroxylation sites is 1. The number of nitrogens with zero attached hydrogens (tertiary/aromatic N) is 1. The van der Waals surface area contributed by atoms with Crippen molar-refractivity contribution >= 4 is 29.5 Å². The molecule has 0 radical (unpaired) electrons. The summed E-state index contributed by atoms with van der Waals surface area (Å²) in [6.07, 6.45) is 2.63. The van der Waals surface area contributed by atoms with E-state index >= 15 is 0 Å². The molecule has 2 N–H and O–H groups in total. The van der Waals surface area contributed by atoms with E-state index in [1.807, 2.05) is 19.9 Å². The molecule has 32 heavy (non-hydrogen) atoms. The summed E-state index contributed by atoms with van der Waals surface area (Å²) < 4.78 is 11.7. The van der Waals surface area contributed by atoms with E-state index in [4.69, 9.17) is 14.6 Å². The Morgan fingerprint density at radius 2 is 1.84 bits per heavy atom. The molecular weight excluding hydrogens is 412 g/mol. The van der Waals surface area contributed by atoms with Crippen molar-refractivity contribution in [1.82, 2.24) is 5.43 Å². The first-order valence-electron chi connectivity index (χ1n) is 10.5. The van der Waals surface area contributed by atoms with E-state index in [-0.39, 0.29) is 18.6 Å². The predicted octanol–water partition coefficient (Wildman–Crippen LogP) is 3.49. The molecule has 8 heteroatoms. The zero-order chi connectivity index (χ0) is 23.1. The maximum atomic E-state index is 12.9. The van der Waals surface area contributed by atoms with Gasteiger partial charge in [-0.1, -0.05) is 25.1 Å². The van der Waals surface area contributed by atoms with Crippen molar-refractivity contribution < 1.29 is 29.0 Å². The Kier molecular flexibility index (Phi) is 7.49. The fourth-order valence-corrected chi connectivity index (χ4v) is 3.24. The van der Waals surface area contributed by atoms with Gasteiger partial charge in [-0.05, 0) is 50.1 Å². The van der Waals surface area contributed by atoms with Gasteiger partial charge in [-0.25, -0.2) is 5.01 Å². The summed E-state index contributed by atoms with van der Waals surface area (Å²) in [7, 11) is 0. The SMILES string of the molecule is CCCOc1ccc(/C=C2\C(=O)NN(c3ccccc3)C2=O)c(OCCCC(=O)O)c1C. The van der Waals surface area contributed by atoms with E-state index in [2.05, 4.69) is 5.43 Å². The van der Waals surface area contributed by atoms with Crippen LogP contribution in [0.4, 0.5) is 5.69 Å². The van der Waals surface area contributed by atoms with Gasteiger partial charge in [0, 0.05) is 17.5 Å². The lowest BCUT2D eigenvalue weighted by Crippen LogP contribution is -2.35. The maximum absolute atomic E-state index is 12.9. The molecule has 1 heterocycles. The molecule has 1 fully saturated rings. The molecule has 1 aliphatic rings. The number of rotatable bonds is 10. The van der Waals surface area contributed by atoms with Crippen LogP contribution in [-0.4, -0.2) is 36.1 Å². The number of aliphatic carboxylic acids is 1. The van der Waals surface area contributed by atoms with Gasteiger partial charge in [-0.2, -0.15) is 0 Å². The minimum absolute atomic E-state index is 0.0194. The van der Waals surface area contributed by atoms with Crippen LogP contribution in [0.15, 0.2) is 48.0 Å². The number of benzene rings is 2. The van der Waals surface area contributed by atoms with E-state index in [0.717, 1.165) is 6.42 Å². The van der Waals surface area contributed by atoms with E-state index in [0.29, 0.717) is 41.3 Å². The van der Waals surface area contributed by atoms with Crippen molar-refractivity contribution in [2.24, 2.45) is 0 Å². The van der Waals surface area contributed by atoms with Gasteiger partial charge < -0.3 is 14.6 Å². The van der Waals surface area contributed by atoms with Gasteiger partial charge in [-0.3, -0.25) is 19.8 Å². The fourth-order valence-electron chi connectivity index (χ4n) is 3.24. The molecular formula is C24H26N2O6. The minimum Gasteiger partial charge on any atom is -0.493 e. The third-order valence-corrected chi connectivity index (χ3v) is 4.84. The number of anilines is 1. The highest BCUT2D eigenvalue weighted by Gasteiger charge is 2.34. The van der Waals surface area contributed by atoms with Gasteiger partial charge in [0.05, 0.1) is 18.9 Å².